The van der Waals surface area contributed by atoms with Crippen molar-refractivity contribution in [1.29, 1.82) is 0 Å². The lowest BCUT2D eigenvalue weighted by Gasteiger charge is -2.19. The number of para-hydroxylation sites is 4. The first kappa shape index (κ1) is 30.5. The van der Waals surface area contributed by atoms with Crippen LogP contribution < -0.4 is 9.47 Å². The number of ether oxygens (including phenoxy) is 2. The molecule has 7 rings (SSSR count). The minimum atomic E-state index is -0.495. The zero-order valence-corrected chi connectivity index (χ0v) is 26.1. The van der Waals surface area contributed by atoms with E-state index < -0.39 is 11.9 Å². The Morgan fingerprint density at radius 1 is 0.375 bits per heavy atom. The first-order chi connectivity index (χ1) is 23.4. The lowest BCUT2D eigenvalue weighted by atomic mass is 9.91. The predicted molar refractivity (Wildman–Crippen MR) is 183 cm³/mol. The topological polar surface area (TPSA) is 93.1 Å². The van der Waals surface area contributed by atoms with Crippen LogP contribution in [0.3, 0.4) is 0 Å². The van der Waals surface area contributed by atoms with Crippen LogP contribution >= 0.6 is 0 Å². The molecular weight excluding hydrogens is 600 g/mol. The van der Waals surface area contributed by atoms with Crippen LogP contribution in [-0.2, 0) is 25.7 Å². The Balaban J connectivity index is 1.37. The lowest BCUT2D eigenvalue weighted by Crippen LogP contribution is -2.13. The summed E-state index contributed by atoms with van der Waals surface area (Å²) in [6.45, 7) is 0. The normalized spacial score (nSPS) is 12.2. The molecule has 1 aliphatic rings. The fraction of sp³-hybridized carbons (Fsp3) is 0.0952. The van der Waals surface area contributed by atoms with Gasteiger partial charge < -0.3 is 19.7 Å². The fourth-order valence-corrected chi connectivity index (χ4v) is 6.23. The van der Waals surface area contributed by atoms with Crippen LogP contribution in [0.25, 0.3) is 0 Å². The average molecular weight is 633 g/mol. The van der Waals surface area contributed by atoms with Gasteiger partial charge in [-0.2, -0.15) is 0 Å². The summed E-state index contributed by atoms with van der Waals surface area (Å²) >= 11 is 0. The Labute approximate surface area is 278 Å². The smallest absolute Gasteiger partial charge is 0.343 e. The highest BCUT2D eigenvalue weighted by Crippen LogP contribution is 2.38. The minimum absolute atomic E-state index is 0.115. The van der Waals surface area contributed by atoms with Gasteiger partial charge in [-0.3, -0.25) is 0 Å². The molecule has 0 heterocycles. The van der Waals surface area contributed by atoms with Gasteiger partial charge in [-0.05, 0) is 68.8 Å². The maximum atomic E-state index is 13.3. The van der Waals surface area contributed by atoms with Crippen molar-refractivity contribution < 1.29 is 29.3 Å². The molecule has 0 aliphatic heterocycles. The van der Waals surface area contributed by atoms with Crippen molar-refractivity contribution in [3.8, 4) is 23.0 Å². The second-order valence-corrected chi connectivity index (χ2v) is 11.9. The summed E-state index contributed by atoms with van der Waals surface area (Å²) in [5.74, 6) is 0.0334. The molecule has 0 amide bonds. The van der Waals surface area contributed by atoms with Crippen molar-refractivity contribution in [3.05, 3.63) is 189 Å². The van der Waals surface area contributed by atoms with E-state index in [1.807, 2.05) is 84.9 Å². The standard InChI is InChI=1S/C42H32O6/c43-37-29-15-7-17-31(37)25-35-21-10-22-36(40(35)48-42(46)28-13-5-2-6-14-28)26-32-18-8-16-30(38(32)44)24-34-20-9-19-33(23-29)39(34)47-41(45)27-11-3-1-4-12-27/h1-22,43-44H,23-26H2. The molecule has 0 unspecified atom stereocenters. The third-order valence-corrected chi connectivity index (χ3v) is 8.69. The van der Waals surface area contributed by atoms with E-state index in [9.17, 15) is 19.8 Å². The number of carbonyl (C=O) groups is 2. The summed E-state index contributed by atoms with van der Waals surface area (Å²) in [4.78, 5) is 26.7. The first-order valence-electron chi connectivity index (χ1n) is 15.8. The van der Waals surface area contributed by atoms with Crippen LogP contribution in [0.2, 0.25) is 0 Å². The van der Waals surface area contributed by atoms with Gasteiger partial charge in [0.2, 0.25) is 0 Å². The third-order valence-electron chi connectivity index (χ3n) is 8.69. The fourth-order valence-electron chi connectivity index (χ4n) is 6.23. The van der Waals surface area contributed by atoms with E-state index in [0.717, 1.165) is 0 Å². The van der Waals surface area contributed by atoms with Crippen LogP contribution in [-0.4, -0.2) is 22.2 Å². The van der Waals surface area contributed by atoms with Gasteiger partial charge in [-0.25, -0.2) is 9.59 Å². The first-order valence-corrected chi connectivity index (χ1v) is 15.8. The molecule has 8 bridgehead atoms. The van der Waals surface area contributed by atoms with E-state index in [1.165, 1.54) is 0 Å². The van der Waals surface area contributed by atoms with Crippen molar-refractivity contribution in [2.45, 2.75) is 25.7 Å². The van der Waals surface area contributed by atoms with Gasteiger partial charge in [0.1, 0.15) is 23.0 Å². The Morgan fingerprint density at radius 3 is 0.938 bits per heavy atom. The third kappa shape index (κ3) is 6.29. The highest BCUT2D eigenvalue weighted by molar-refractivity contribution is 5.92. The van der Waals surface area contributed by atoms with Gasteiger partial charge in [-0.15, -0.1) is 0 Å². The molecule has 48 heavy (non-hydrogen) atoms. The molecule has 2 N–H and O–H groups in total. The molecule has 6 aromatic carbocycles. The van der Waals surface area contributed by atoms with E-state index in [2.05, 4.69) is 0 Å². The van der Waals surface area contributed by atoms with Crippen molar-refractivity contribution in [3.63, 3.8) is 0 Å². The Morgan fingerprint density at radius 2 is 0.646 bits per heavy atom. The predicted octanol–water partition coefficient (Wildman–Crippen LogP) is 8.21. The molecule has 0 spiro atoms. The zero-order valence-electron chi connectivity index (χ0n) is 26.1. The van der Waals surface area contributed by atoms with E-state index >= 15 is 0 Å². The minimum Gasteiger partial charge on any atom is -0.507 e. The van der Waals surface area contributed by atoms with Crippen molar-refractivity contribution >= 4 is 11.9 Å². The zero-order chi connectivity index (χ0) is 33.0. The molecule has 0 atom stereocenters. The van der Waals surface area contributed by atoms with Crippen molar-refractivity contribution in [1.82, 2.24) is 0 Å². The van der Waals surface area contributed by atoms with Gasteiger partial charge in [-0.1, -0.05) is 109 Å². The molecule has 0 radical (unpaired) electrons. The van der Waals surface area contributed by atoms with Crippen LogP contribution in [0.15, 0.2) is 133 Å². The van der Waals surface area contributed by atoms with E-state index in [0.29, 0.717) is 67.1 Å². The average Bonchev–Trinajstić information content (AvgIpc) is 3.11. The summed E-state index contributed by atoms with van der Waals surface area (Å²) in [6, 6.07) is 40.1. The van der Waals surface area contributed by atoms with Crippen LogP contribution in [0.1, 0.15) is 65.2 Å². The summed E-state index contributed by atoms with van der Waals surface area (Å²) in [5.41, 5.74) is 6.29. The summed E-state index contributed by atoms with van der Waals surface area (Å²) in [5, 5.41) is 23.2. The van der Waals surface area contributed by atoms with E-state index in [-0.39, 0.29) is 37.2 Å². The van der Waals surface area contributed by atoms with Gasteiger partial charge in [0, 0.05) is 25.7 Å². The monoisotopic (exact) mass is 632 g/mol. The largest absolute Gasteiger partial charge is 0.507 e. The molecule has 0 fully saturated rings. The van der Waals surface area contributed by atoms with Crippen LogP contribution in [0, 0.1) is 0 Å². The maximum absolute atomic E-state index is 13.3. The number of aromatic hydroxyl groups is 2. The molecule has 0 saturated carbocycles. The molecule has 6 heteroatoms. The number of benzene rings is 6. The second-order valence-electron chi connectivity index (χ2n) is 11.9. The number of hydrogen-bond acceptors (Lipinski definition) is 6. The second kappa shape index (κ2) is 13.3. The Kier molecular flexibility index (Phi) is 8.46. The van der Waals surface area contributed by atoms with Crippen molar-refractivity contribution in [2.75, 3.05) is 0 Å². The molecule has 6 aromatic rings. The SMILES string of the molecule is O=C(Oc1c2cccc1Cc1cccc(c1O)Cc1cccc(c1OC(=O)c1ccccc1)Cc1cccc(c1O)C2)c1ccccc1. The summed E-state index contributed by atoms with van der Waals surface area (Å²) in [7, 11) is 0. The Bertz CT molecular complexity index is 1900. The van der Waals surface area contributed by atoms with Gasteiger partial charge in [0.05, 0.1) is 11.1 Å². The number of phenols is 2. The number of fused-ring (bicyclic) bond motifs is 8. The van der Waals surface area contributed by atoms with Crippen molar-refractivity contribution in [2.24, 2.45) is 0 Å². The quantitative estimate of drug-likeness (QED) is 0.150. The van der Waals surface area contributed by atoms with E-state index in [1.54, 1.807) is 48.5 Å². The summed E-state index contributed by atoms with van der Waals surface area (Å²) in [6.07, 6.45) is 1.14. The number of carbonyl (C=O) groups excluding carboxylic acids is 2. The molecule has 236 valence electrons. The van der Waals surface area contributed by atoms with Crippen LogP contribution in [0.5, 0.6) is 23.0 Å². The molecule has 6 nitrogen and oxygen atoms in total. The molecular formula is C42H32O6. The lowest BCUT2D eigenvalue weighted by molar-refractivity contribution is 0.0722. The maximum Gasteiger partial charge on any atom is 0.343 e. The highest BCUT2D eigenvalue weighted by atomic mass is 16.5. The van der Waals surface area contributed by atoms with Gasteiger partial charge >= 0.3 is 11.9 Å². The van der Waals surface area contributed by atoms with Gasteiger partial charge in [0.15, 0.2) is 0 Å². The molecule has 0 saturated heterocycles. The molecule has 1 aliphatic carbocycles. The molecule has 0 aromatic heterocycles. The number of rotatable bonds is 4. The van der Waals surface area contributed by atoms with E-state index in [4.69, 9.17) is 9.47 Å². The van der Waals surface area contributed by atoms with Crippen LogP contribution in [0.4, 0.5) is 0 Å². The van der Waals surface area contributed by atoms with Gasteiger partial charge in [0.25, 0.3) is 0 Å². The number of phenolic OH excluding ortho intramolecular Hbond substituents is 2. The summed E-state index contributed by atoms with van der Waals surface area (Å²) < 4.78 is 12.2. The highest BCUT2D eigenvalue weighted by Gasteiger charge is 2.22. The Hall–Kier alpha value is -6.14. The number of esters is 2. The number of hydrogen-bond donors (Lipinski definition) is 2.